The summed E-state index contributed by atoms with van der Waals surface area (Å²) >= 11 is 0.541. The van der Waals surface area contributed by atoms with Crippen LogP contribution < -0.4 is 4.57 Å². The molecular weight excluding hydrogens is 241 g/mol. The Balaban J connectivity index is 2.11. The fourth-order valence-corrected chi connectivity index (χ4v) is 4.29. The number of hydrogen-bond donors (Lipinski definition) is 1. The van der Waals surface area contributed by atoms with Gasteiger partial charge in [-0.15, -0.1) is 0 Å². The second-order valence-electron chi connectivity index (χ2n) is 5.18. The fraction of sp³-hybridized carbons (Fsp3) is 0.357. The smallest absolute Gasteiger partial charge is 0.384 e. The highest BCUT2D eigenvalue weighted by Gasteiger charge is 2.51. The number of oxazole rings is 1. The maximum absolute atomic E-state index is 9.96. The molecule has 1 fully saturated rings. The SMILES string of the molecule is C[CH]1[Al][CH2]C1(C)[n+]1ccoc1-c1ccccc1O. The van der Waals surface area contributed by atoms with Crippen molar-refractivity contribution < 1.29 is 14.1 Å². The minimum absolute atomic E-state index is 0.139. The Kier molecular flexibility index (Phi) is 2.73. The number of nitrogens with zero attached hydrogens (tertiary/aromatic N) is 1. The molecule has 91 valence electrons. The van der Waals surface area contributed by atoms with Crippen LogP contribution in [0.15, 0.2) is 41.1 Å². The van der Waals surface area contributed by atoms with E-state index in [1.165, 1.54) is 5.28 Å². The third-order valence-electron chi connectivity index (χ3n) is 4.16. The minimum atomic E-state index is 0.139. The highest BCUT2D eigenvalue weighted by atomic mass is 27.1. The number of phenols is 1. The Morgan fingerprint density at radius 3 is 2.83 bits per heavy atom. The van der Waals surface area contributed by atoms with Crippen LogP contribution in [0.5, 0.6) is 5.75 Å². The second kappa shape index (κ2) is 4.15. The van der Waals surface area contributed by atoms with Crippen molar-refractivity contribution in [2.75, 3.05) is 0 Å². The number of para-hydroxylation sites is 1. The first kappa shape index (κ1) is 11.8. The van der Waals surface area contributed by atoms with Gasteiger partial charge in [-0.05, 0) is 29.1 Å². The van der Waals surface area contributed by atoms with E-state index in [0.717, 1.165) is 11.5 Å². The van der Waals surface area contributed by atoms with Crippen molar-refractivity contribution in [1.82, 2.24) is 0 Å². The number of phenolic OH excluding ortho intramolecular Hbond substituents is 1. The monoisotopic (exact) mass is 257 g/mol. The van der Waals surface area contributed by atoms with Gasteiger partial charge in [0.15, 0.2) is 6.26 Å². The molecule has 1 aliphatic rings. The molecule has 0 amide bonds. The van der Waals surface area contributed by atoms with E-state index < -0.39 is 0 Å². The van der Waals surface area contributed by atoms with Gasteiger partial charge in [0.25, 0.3) is 0 Å². The summed E-state index contributed by atoms with van der Waals surface area (Å²) in [5, 5.41) is 11.2. The van der Waals surface area contributed by atoms with Gasteiger partial charge in [0.1, 0.15) is 16.9 Å². The van der Waals surface area contributed by atoms with E-state index in [9.17, 15) is 5.11 Å². The molecule has 0 bridgehead atoms. The van der Waals surface area contributed by atoms with Crippen LogP contribution >= 0.6 is 0 Å². The summed E-state index contributed by atoms with van der Waals surface area (Å²) in [4.78, 5) is 0. The lowest BCUT2D eigenvalue weighted by Crippen LogP contribution is -2.63. The van der Waals surface area contributed by atoms with E-state index in [-0.39, 0.29) is 11.3 Å². The number of hydrogen-bond acceptors (Lipinski definition) is 2. The predicted octanol–water partition coefficient (Wildman–Crippen LogP) is 2.60. The van der Waals surface area contributed by atoms with Crippen LogP contribution in [0.4, 0.5) is 0 Å². The van der Waals surface area contributed by atoms with Crippen molar-refractivity contribution in [1.29, 1.82) is 0 Å². The zero-order valence-electron chi connectivity index (χ0n) is 10.6. The number of aromatic hydroxyl groups is 1. The summed E-state index contributed by atoms with van der Waals surface area (Å²) in [6.07, 6.45) is 3.68. The summed E-state index contributed by atoms with van der Waals surface area (Å²) < 4.78 is 8.51. The Morgan fingerprint density at radius 1 is 1.44 bits per heavy atom. The van der Waals surface area contributed by atoms with Crippen molar-refractivity contribution in [3.8, 4) is 17.2 Å². The van der Waals surface area contributed by atoms with Crippen LogP contribution in [-0.4, -0.2) is 20.3 Å². The zero-order valence-corrected chi connectivity index (χ0v) is 11.8. The average Bonchev–Trinajstić information content (AvgIpc) is 2.86. The summed E-state index contributed by atoms with van der Waals surface area (Å²) in [6, 6.07) is 7.33. The Morgan fingerprint density at radius 2 is 2.22 bits per heavy atom. The Bertz CT molecular complexity index is 581. The Hall–Kier alpha value is -1.24. The molecule has 1 aromatic carbocycles. The Labute approximate surface area is 113 Å². The van der Waals surface area contributed by atoms with E-state index in [4.69, 9.17) is 4.42 Å². The molecule has 3 rings (SSSR count). The van der Waals surface area contributed by atoms with Gasteiger partial charge in [0.05, 0.1) is 0 Å². The maximum Gasteiger partial charge on any atom is 0.384 e. The molecule has 1 aliphatic heterocycles. The van der Waals surface area contributed by atoms with Crippen LogP contribution in [0.1, 0.15) is 13.8 Å². The molecule has 2 atom stereocenters. The molecule has 2 aromatic rings. The minimum Gasteiger partial charge on any atom is -0.507 e. The van der Waals surface area contributed by atoms with Crippen molar-refractivity contribution >= 4 is 15.2 Å². The lowest BCUT2D eigenvalue weighted by Gasteiger charge is -2.38. The molecule has 2 unspecified atom stereocenters. The summed E-state index contributed by atoms with van der Waals surface area (Å²) in [5.41, 5.74) is 0.901. The molecule has 1 radical (unpaired) electrons. The molecule has 4 heteroatoms. The highest BCUT2D eigenvalue weighted by molar-refractivity contribution is 6.42. The molecule has 18 heavy (non-hydrogen) atoms. The lowest BCUT2D eigenvalue weighted by atomic mass is 9.97. The lowest BCUT2D eigenvalue weighted by molar-refractivity contribution is -0.753. The molecule has 3 nitrogen and oxygen atoms in total. The molecule has 1 aromatic heterocycles. The molecular formula is C14H16AlNO2+. The van der Waals surface area contributed by atoms with Crippen molar-refractivity contribution in [3.63, 3.8) is 0 Å². The molecule has 0 aliphatic carbocycles. The molecule has 2 heterocycles. The molecule has 1 saturated heterocycles. The van der Waals surface area contributed by atoms with Gasteiger partial charge in [0.2, 0.25) is 21.4 Å². The van der Waals surface area contributed by atoms with Crippen LogP contribution in [0.25, 0.3) is 11.5 Å². The summed E-state index contributed by atoms with van der Waals surface area (Å²) in [6.45, 7) is 4.57. The van der Waals surface area contributed by atoms with Gasteiger partial charge < -0.3 is 9.52 Å². The van der Waals surface area contributed by atoms with Gasteiger partial charge in [0, 0.05) is 0 Å². The van der Waals surface area contributed by atoms with E-state index in [0.29, 0.717) is 20.0 Å². The number of aromatic nitrogens is 1. The van der Waals surface area contributed by atoms with Crippen molar-refractivity contribution in [2.45, 2.75) is 29.4 Å². The fourth-order valence-electron chi connectivity index (χ4n) is 2.54. The normalized spacial score (nSPS) is 26.4. The van der Waals surface area contributed by atoms with Gasteiger partial charge >= 0.3 is 5.89 Å². The largest absolute Gasteiger partial charge is 0.507 e. The first-order valence-corrected chi connectivity index (χ1v) is 7.72. The molecule has 0 spiro atoms. The number of benzene rings is 1. The highest BCUT2D eigenvalue weighted by Crippen LogP contribution is 2.41. The molecule has 1 N–H and O–H groups in total. The van der Waals surface area contributed by atoms with Gasteiger partial charge in [-0.25, -0.2) is 0 Å². The maximum atomic E-state index is 9.96. The second-order valence-corrected chi connectivity index (χ2v) is 7.06. The summed E-state index contributed by atoms with van der Waals surface area (Å²) in [7, 11) is 0. The number of rotatable bonds is 2. The first-order valence-electron chi connectivity index (χ1n) is 6.24. The van der Waals surface area contributed by atoms with Crippen LogP contribution in [0.3, 0.4) is 0 Å². The zero-order chi connectivity index (χ0) is 12.8. The van der Waals surface area contributed by atoms with Crippen molar-refractivity contribution in [3.05, 3.63) is 36.7 Å². The predicted molar refractivity (Wildman–Crippen MR) is 69.6 cm³/mol. The van der Waals surface area contributed by atoms with Crippen LogP contribution in [-0.2, 0) is 5.54 Å². The first-order chi connectivity index (χ1) is 8.63. The van der Waals surface area contributed by atoms with E-state index >= 15 is 0 Å². The topological polar surface area (TPSA) is 37.2 Å². The van der Waals surface area contributed by atoms with Crippen LogP contribution in [0, 0.1) is 0 Å². The third-order valence-corrected chi connectivity index (χ3v) is 6.65. The summed E-state index contributed by atoms with van der Waals surface area (Å²) in [5.74, 6) is 1.02. The van der Waals surface area contributed by atoms with Gasteiger partial charge in [-0.3, -0.25) is 0 Å². The van der Waals surface area contributed by atoms with Crippen LogP contribution in [0.2, 0.25) is 10.1 Å². The molecule has 0 saturated carbocycles. The van der Waals surface area contributed by atoms with Crippen molar-refractivity contribution in [2.24, 2.45) is 0 Å². The van der Waals surface area contributed by atoms with Gasteiger partial charge in [-0.1, -0.05) is 19.1 Å². The van der Waals surface area contributed by atoms with E-state index in [1.807, 2.05) is 24.4 Å². The third kappa shape index (κ3) is 1.60. The van der Waals surface area contributed by atoms with Gasteiger partial charge in [-0.2, -0.15) is 4.57 Å². The standard InChI is InChI=1S/C14H15NO2.Al/c1-4-14(2,3)15-9-10-17-13(15)11-7-5-6-8-12(11)16;/h4-10H,2H2,1,3H3;/p+1. The quantitative estimate of drug-likeness (QED) is 0.663. The van der Waals surface area contributed by atoms with E-state index in [1.54, 1.807) is 12.3 Å². The average molecular weight is 257 g/mol. The van der Waals surface area contributed by atoms with E-state index in [2.05, 4.69) is 18.4 Å².